The van der Waals surface area contributed by atoms with Crippen molar-refractivity contribution < 1.29 is 14.6 Å². The number of nitrogens with zero attached hydrogens (tertiary/aromatic N) is 1. The highest BCUT2D eigenvalue weighted by molar-refractivity contribution is 5.66. The Labute approximate surface area is 95.8 Å². The molecule has 2 aliphatic rings. The largest absolute Gasteiger partial charge is 0.465 e. The molecule has 5 nitrogen and oxygen atoms in total. The standard InChI is InChI=1S/C11H20N2O3/c1-2-3-4-8-7-13(11(14)15)9-5-12-6-10(9)16-8/h8-10,12H,2-7H2,1H3,(H,14,15). The molecule has 3 unspecified atom stereocenters. The Hall–Kier alpha value is -0.810. The third kappa shape index (κ3) is 2.30. The highest BCUT2D eigenvalue weighted by atomic mass is 16.5. The molecule has 2 fully saturated rings. The minimum atomic E-state index is -0.816. The van der Waals surface area contributed by atoms with Crippen LogP contribution < -0.4 is 5.32 Å². The molecule has 3 atom stereocenters. The molecule has 2 N–H and O–H groups in total. The maximum absolute atomic E-state index is 11.2. The molecule has 0 bridgehead atoms. The second-order valence-corrected chi connectivity index (χ2v) is 4.60. The molecule has 0 aromatic carbocycles. The Morgan fingerprint density at radius 1 is 1.56 bits per heavy atom. The predicted molar refractivity (Wildman–Crippen MR) is 59.6 cm³/mol. The van der Waals surface area contributed by atoms with Gasteiger partial charge in [-0.05, 0) is 6.42 Å². The summed E-state index contributed by atoms with van der Waals surface area (Å²) in [4.78, 5) is 12.7. The molecule has 0 radical (unpaired) electrons. The highest BCUT2D eigenvalue weighted by Gasteiger charge is 2.41. The van der Waals surface area contributed by atoms with E-state index in [9.17, 15) is 9.90 Å². The molecule has 0 aromatic rings. The number of fused-ring (bicyclic) bond motifs is 1. The second kappa shape index (κ2) is 5.01. The fourth-order valence-corrected chi connectivity index (χ4v) is 2.55. The number of rotatable bonds is 3. The van der Waals surface area contributed by atoms with Gasteiger partial charge in [0.15, 0.2) is 0 Å². The number of carboxylic acid groups (broad SMARTS) is 1. The topological polar surface area (TPSA) is 61.8 Å². The van der Waals surface area contributed by atoms with E-state index in [-0.39, 0.29) is 18.2 Å². The van der Waals surface area contributed by atoms with Gasteiger partial charge in [0.05, 0.1) is 24.8 Å². The molecule has 2 aliphatic heterocycles. The highest BCUT2D eigenvalue weighted by Crippen LogP contribution is 2.23. The monoisotopic (exact) mass is 228 g/mol. The van der Waals surface area contributed by atoms with Crippen molar-refractivity contribution in [3.8, 4) is 0 Å². The SMILES string of the molecule is CCCCC1CN(C(=O)O)C2CNCC2O1. The van der Waals surface area contributed by atoms with Crippen LogP contribution in [0.5, 0.6) is 0 Å². The molecule has 5 heteroatoms. The van der Waals surface area contributed by atoms with Gasteiger partial charge in [-0.25, -0.2) is 4.79 Å². The van der Waals surface area contributed by atoms with Crippen LogP contribution in [0.4, 0.5) is 4.79 Å². The maximum atomic E-state index is 11.2. The number of carbonyl (C=O) groups is 1. The molecular formula is C11H20N2O3. The zero-order valence-electron chi connectivity index (χ0n) is 9.69. The van der Waals surface area contributed by atoms with Crippen molar-refractivity contribution in [3.05, 3.63) is 0 Å². The van der Waals surface area contributed by atoms with Crippen LogP contribution in [0.3, 0.4) is 0 Å². The normalized spacial score (nSPS) is 33.8. The van der Waals surface area contributed by atoms with E-state index in [4.69, 9.17) is 4.74 Å². The van der Waals surface area contributed by atoms with E-state index < -0.39 is 6.09 Å². The second-order valence-electron chi connectivity index (χ2n) is 4.60. The number of hydrogen-bond acceptors (Lipinski definition) is 3. The molecular weight excluding hydrogens is 208 g/mol. The summed E-state index contributed by atoms with van der Waals surface area (Å²) < 4.78 is 5.93. The number of hydrogen-bond donors (Lipinski definition) is 2. The minimum Gasteiger partial charge on any atom is -0.465 e. The Bertz CT molecular complexity index is 260. The molecule has 2 heterocycles. The van der Waals surface area contributed by atoms with Crippen molar-refractivity contribution in [2.24, 2.45) is 0 Å². The summed E-state index contributed by atoms with van der Waals surface area (Å²) in [5.41, 5.74) is 0. The quantitative estimate of drug-likeness (QED) is 0.753. The van der Waals surface area contributed by atoms with E-state index >= 15 is 0 Å². The van der Waals surface area contributed by atoms with Crippen LogP contribution in [0, 0.1) is 0 Å². The Morgan fingerprint density at radius 3 is 3.06 bits per heavy atom. The van der Waals surface area contributed by atoms with Crippen molar-refractivity contribution in [1.29, 1.82) is 0 Å². The average Bonchev–Trinajstić information content (AvgIpc) is 2.72. The molecule has 2 rings (SSSR count). The molecule has 0 aromatic heterocycles. The van der Waals surface area contributed by atoms with Gasteiger partial charge in [-0.15, -0.1) is 0 Å². The van der Waals surface area contributed by atoms with Gasteiger partial charge in [0.1, 0.15) is 0 Å². The minimum absolute atomic E-state index is 0.00961. The number of amides is 1. The van der Waals surface area contributed by atoms with Crippen LogP contribution in [-0.2, 0) is 4.74 Å². The summed E-state index contributed by atoms with van der Waals surface area (Å²) in [6.45, 7) is 4.16. The first-order valence-corrected chi connectivity index (χ1v) is 6.08. The molecule has 16 heavy (non-hydrogen) atoms. The van der Waals surface area contributed by atoms with Gasteiger partial charge in [0.25, 0.3) is 0 Å². The van der Waals surface area contributed by atoms with Gasteiger partial charge in [-0.1, -0.05) is 19.8 Å². The van der Waals surface area contributed by atoms with E-state index in [0.717, 1.165) is 32.4 Å². The van der Waals surface area contributed by atoms with Crippen LogP contribution in [-0.4, -0.2) is 54.0 Å². The lowest BCUT2D eigenvalue weighted by atomic mass is 10.1. The summed E-state index contributed by atoms with van der Waals surface area (Å²) in [5, 5.41) is 12.4. The van der Waals surface area contributed by atoms with Crippen molar-refractivity contribution in [2.45, 2.75) is 44.4 Å². The fourth-order valence-electron chi connectivity index (χ4n) is 2.55. The zero-order chi connectivity index (χ0) is 11.5. The van der Waals surface area contributed by atoms with Crippen LogP contribution in [0.2, 0.25) is 0 Å². The van der Waals surface area contributed by atoms with Gasteiger partial charge >= 0.3 is 6.09 Å². The van der Waals surface area contributed by atoms with Crippen LogP contribution >= 0.6 is 0 Å². The third-order valence-corrected chi connectivity index (χ3v) is 3.42. The lowest BCUT2D eigenvalue weighted by molar-refractivity contribution is -0.0932. The average molecular weight is 228 g/mol. The molecule has 0 saturated carbocycles. The lowest BCUT2D eigenvalue weighted by Crippen LogP contribution is -2.56. The van der Waals surface area contributed by atoms with Crippen LogP contribution in [0.1, 0.15) is 26.2 Å². The molecule has 1 amide bonds. The van der Waals surface area contributed by atoms with E-state index in [1.54, 1.807) is 4.90 Å². The molecule has 92 valence electrons. The van der Waals surface area contributed by atoms with Crippen molar-refractivity contribution in [3.63, 3.8) is 0 Å². The fraction of sp³-hybridized carbons (Fsp3) is 0.909. The number of unbranched alkanes of at least 4 members (excludes halogenated alkanes) is 1. The first-order chi connectivity index (χ1) is 7.72. The Balaban J connectivity index is 1.98. The van der Waals surface area contributed by atoms with Gasteiger partial charge < -0.3 is 15.2 Å². The zero-order valence-corrected chi connectivity index (χ0v) is 9.69. The van der Waals surface area contributed by atoms with Crippen LogP contribution in [0.15, 0.2) is 0 Å². The van der Waals surface area contributed by atoms with Crippen LogP contribution in [0.25, 0.3) is 0 Å². The maximum Gasteiger partial charge on any atom is 0.407 e. The van der Waals surface area contributed by atoms with E-state index in [2.05, 4.69) is 12.2 Å². The Morgan fingerprint density at radius 2 is 2.38 bits per heavy atom. The smallest absolute Gasteiger partial charge is 0.407 e. The molecule has 2 saturated heterocycles. The van der Waals surface area contributed by atoms with E-state index in [0.29, 0.717) is 6.54 Å². The summed E-state index contributed by atoms with van der Waals surface area (Å²) in [7, 11) is 0. The molecule has 0 aliphatic carbocycles. The number of nitrogens with one attached hydrogen (secondary N) is 1. The van der Waals surface area contributed by atoms with Gasteiger partial charge in [-0.3, -0.25) is 4.90 Å². The van der Waals surface area contributed by atoms with Crippen molar-refractivity contribution in [1.82, 2.24) is 10.2 Å². The first kappa shape index (κ1) is 11.7. The molecule has 0 spiro atoms. The van der Waals surface area contributed by atoms with Gasteiger partial charge in [0.2, 0.25) is 0 Å². The van der Waals surface area contributed by atoms with Crippen molar-refractivity contribution >= 4 is 6.09 Å². The third-order valence-electron chi connectivity index (χ3n) is 3.42. The number of ether oxygens (including phenoxy) is 1. The summed E-state index contributed by atoms with van der Waals surface area (Å²) in [6.07, 6.45) is 2.50. The van der Waals surface area contributed by atoms with Gasteiger partial charge in [0, 0.05) is 13.1 Å². The lowest BCUT2D eigenvalue weighted by Gasteiger charge is -2.39. The summed E-state index contributed by atoms with van der Waals surface area (Å²) in [5.74, 6) is 0. The first-order valence-electron chi connectivity index (χ1n) is 6.08. The predicted octanol–water partition coefficient (Wildman–Crippen LogP) is 0.896. The van der Waals surface area contributed by atoms with Crippen molar-refractivity contribution in [2.75, 3.05) is 19.6 Å². The summed E-state index contributed by atoms with van der Waals surface area (Å²) in [6, 6.07) is 0.00961. The van der Waals surface area contributed by atoms with Gasteiger partial charge in [-0.2, -0.15) is 0 Å². The Kier molecular flexibility index (Phi) is 3.66. The number of morpholine rings is 1. The van der Waals surface area contributed by atoms with E-state index in [1.165, 1.54) is 0 Å². The van der Waals surface area contributed by atoms with E-state index in [1.807, 2.05) is 0 Å². The summed E-state index contributed by atoms with van der Waals surface area (Å²) >= 11 is 0.